The van der Waals surface area contributed by atoms with Crippen LogP contribution in [0.4, 0.5) is 0 Å². The number of thioether (sulfide) groups is 1. The SMILES string of the molecule is CCC(C)CNCCCSc1nccs1. The number of nitrogens with one attached hydrogen (secondary N) is 1. The third kappa shape index (κ3) is 6.17. The fourth-order valence-electron chi connectivity index (χ4n) is 1.13. The molecule has 86 valence electrons. The van der Waals surface area contributed by atoms with Crippen LogP contribution in [0.5, 0.6) is 0 Å². The van der Waals surface area contributed by atoms with Crippen LogP contribution in [0.25, 0.3) is 0 Å². The Kier molecular flexibility index (Phi) is 7.05. The first-order valence-corrected chi connectivity index (χ1v) is 7.42. The van der Waals surface area contributed by atoms with Crippen LogP contribution in [0.3, 0.4) is 0 Å². The van der Waals surface area contributed by atoms with Gasteiger partial charge < -0.3 is 5.32 Å². The Morgan fingerprint density at radius 3 is 3.13 bits per heavy atom. The highest BCUT2D eigenvalue weighted by Gasteiger charge is 1.98. The van der Waals surface area contributed by atoms with Gasteiger partial charge in [-0.25, -0.2) is 4.98 Å². The first-order valence-electron chi connectivity index (χ1n) is 5.56. The summed E-state index contributed by atoms with van der Waals surface area (Å²) >= 11 is 3.59. The first-order chi connectivity index (χ1) is 7.33. The van der Waals surface area contributed by atoms with Crippen LogP contribution in [-0.2, 0) is 0 Å². The molecular formula is C11H20N2S2. The Bertz CT molecular complexity index is 237. The molecular weight excluding hydrogens is 224 g/mol. The molecule has 0 saturated heterocycles. The number of thiazole rings is 1. The normalized spacial score (nSPS) is 12.9. The van der Waals surface area contributed by atoms with Gasteiger partial charge in [-0.3, -0.25) is 0 Å². The Morgan fingerprint density at radius 2 is 2.47 bits per heavy atom. The van der Waals surface area contributed by atoms with Crippen molar-refractivity contribution in [1.82, 2.24) is 10.3 Å². The molecule has 1 aromatic rings. The van der Waals surface area contributed by atoms with Crippen molar-refractivity contribution in [3.8, 4) is 0 Å². The van der Waals surface area contributed by atoms with E-state index in [1.54, 1.807) is 11.3 Å². The largest absolute Gasteiger partial charge is 0.316 e. The van der Waals surface area contributed by atoms with Crippen molar-refractivity contribution >= 4 is 23.1 Å². The second kappa shape index (κ2) is 8.13. The predicted molar refractivity (Wildman–Crippen MR) is 69.8 cm³/mol. The van der Waals surface area contributed by atoms with Gasteiger partial charge in [0, 0.05) is 17.3 Å². The van der Waals surface area contributed by atoms with E-state index >= 15 is 0 Å². The quantitative estimate of drug-likeness (QED) is 0.561. The summed E-state index contributed by atoms with van der Waals surface area (Å²) in [6.07, 6.45) is 4.36. The molecule has 0 radical (unpaired) electrons. The molecule has 0 bridgehead atoms. The van der Waals surface area contributed by atoms with Gasteiger partial charge in [-0.1, -0.05) is 32.0 Å². The highest BCUT2D eigenvalue weighted by atomic mass is 32.2. The summed E-state index contributed by atoms with van der Waals surface area (Å²) in [5.74, 6) is 1.97. The summed E-state index contributed by atoms with van der Waals surface area (Å²) in [7, 11) is 0. The van der Waals surface area contributed by atoms with E-state index in [2.05, 4.69) is 24.1 Å². The lowest BCUT2D eigenvalue weighted by Crippen LogP contribution is -2.22. The zero-order valence-corrected chi connectivity index (χ0v) is 11.2. The first kappa shape index (κ1) is 13.0. The van der Waals surface area contributed by atoms with Crippen molar-refractivity contribution in [1.29, 1.82) is 0 Å². The van der Waals surface area contributed by atoms with Crippen molar-refractivity contribution in [2.75, 3.05) is 18.8 Å². The lowest BCUT2D eigenvalue weighted by atomic mass is 10.1. The average molecular weight is 244 g/mol. The van der Waals surface area contributed by atoms with Crippen LogP contribution in [0.2, 0.25) is 0 Å². The molecule has 0 saturated carbocycles. The van der Waals surface area contributed by atoms with E-state index < -0.39 is 0 Å². The molecule has 0 fully saturated rings. The van der Waals surface area contributed by atoms with Gasteiger partial charge in [-0.15, -0.1) is 11.3 Å². The molecule has 0 amide bonds. The maximum Gasteiger partial charge on any atom is 0.149 e. The zero-order valence-electron chi connectivity index (χ0n) is 9.53. The van der Waals surface area contributed by atoms with Crippen LogP contribution in [0.1, 0.15) is 26.7 Å². The molecule has 1 N–H and O–H groups in total. The summed E-state index contributed by atoms with van der Waals surface area (Å²) in [5, 5.41) is 5.52. The minimum atomic E-state index is 0.802. The minimum absolute atomic E-state index is 0.802. The smallest absolute Gasteiger partial charge is 0.149 e. The highest BCUT2D eigenvalue weighted by Crippen LogP contribution is 2.20. The molecule has 1 heterocycles. The van der Waals surface area contributed by atoms with Crippen LogP contribution in [0.15, 0.2) is 15.9 Å². The second-order valence-electron chi connectivity index (χ2n) is 3.72. The lowest BCUT2D eigenvalue weighted by Gasteiger charge is -2.09. The summed E-state index contributed by atoms with van der Waals surface area (Å²) in [6.45, 7) is 6.81. The van der Waals surface area contributed by atoms with E-state index in [0.717, 1.165) is 19.0 Å². The summed E-state index contributed by atoms with van der Waals surface area (Å²) < 4.78 is 1.19. The molecule has 0 aromatic carbocycles. The zero-order chi connectivity index (χ0) is 10.9. The van der Waals surface area contributed by atoms with Gasteiger partial charge in [-0.2, -0.15) is 0 Å². The van der Waals surface area contributed by atoms with E-state index in [0.29, 0.717) is 0 Å². The van der Waals surface area contributed by atoms with Crippen LogP contribution in [0, 0.1) is 5.92 Å². The Balaban J connectivity index is 1.89. The van der Waals surface area contributed by atoms with Crippen LogP contribution >= 0.6 is 23.1 Å². The van der Waals surface area contributed by atoms with E-state index in [1.165, 1.54) is 22.9 Å². The van der Waals surface area contributed by atoms with Crippen molar-refractivity contribution in [3.63, 3.8) is 0 Å². The van der Waals surface area contributed by atoms with Gasteiger partial charge in [0.2, 0.25) is 0 Å². The molecule has 1 rings (SSSR count). The molecule has 0 aliphatic carbocycles. The van der Waals surface area contributed by atoms with Crippen molar-refractivity contribution in [2.24, 2.45) is 5.92 Å². The van der Waals surface area contributed by atoms with E-state index in [4.69, 9.17) is 0 Å². The highest BCUT2D eigenvalue weighted by molar-refractivity contribution is 8.00. The average Bonchev–Trinajstić information content (AvgIpc) is 2.75. The molecule has 0 spiro atoms. The minimum Gasteiger partial charge on any atom is -0.316 e. The fourth-order valence-corrected chi connectivity index (χ4v) is 2.78. The van der Waals surface area contributed by atoms with E-state index in [1.807, 2.05) is 23.3 Å². The molecule has 2 nitrogen and oxygen atoms in total. The van der Waals surface area contributed by atoms with Gasteiger partial charge in [-0.05, 0) is 25.4 Å². The molecule has 1 unspecified atom stereocenters. The van der Waals surface area contributed by atoms with E-state index in [9.17, 15) is 0 Å². The molecule has 15 heavy (non-hydrogen) atoms. The number of hydrogen-bond donors (Lipinski definition) is 1. The summed E-state index contributed by atoms with van der Waals surface area (Å²) in [6, 6.07) is 0. The Hall–Kier alpha value is -0.0600. The Labute approximate surface area is 101 Å². The molecule has 0 aliphatic rings. The summed E-state index contributed by atoms with van der Waals surface area (Å²) in [4.78, 5) is 4.24. The molecule has 1 aromatic heterocycles. The third-order valence-corrected chi connectivity index (χ3v) is 4.38. The van der Waals surface area contributed by atoms with Crippen molar-refractivity contribution in [2.45, 2.75) is 31.0 Å². The molecule has 0 aliphatic heterocycles. The number of aromatic nitrogens is 1. The Morgan fingerprint density at radius 1 is 1.60 bits per heavy atom. The number of hydrogen-bond acceptors (Lipinski definition) is 4. The molecule has 1 atom stereocenters. The number of rotatable bonds is 8. The van der Waals surface area contributed by atoms with Gasteiger partial charge in [0.1, 0.15) is 4.34 Å². The third-order valence-electron chi connectivity index (χ3n) is 2.32. The lowest BCUT2D eigenvalue weighted by molar-refractivity contribution is 0.500. The summed E-state index contributed by atoms with van der Waals surface area (Å²) in [5.41, 5.74) is 0. The number of nitrogens with zero attached hydrogens (tertiary/aromatic N) is 1. The van der Waals surface area contributed by atoms with Crippen molar-refractivity contribution in [3.05, 3.63) is 11.6 Å². The standard InChI is InChI=1S/C11H20N2S2/c1-3-10(2)9-12-5-4-7-14-11-13-6-8-15-11/h6,8,10,12H,3-5,7,9H2,1-2H3. The van der Waals surface area contributed by atoms with Gasteiger partial charge in [0.15, 0.2) is 0 Å². The topological polar surface area (TPSA) is 24.9 Å². The van der Waals surface area contributed by atoms with Gasteiger partial charge in [0.25, 0.3) is 0 Å². The van der Waals surface area contributed by atoms with Crippen molar-refractivity contribution < 1.29 is 0 Å². The maximum absolute atomic E-state index is 4.24. The maximum atomic E-state index is 4.24. The fraction of sp³-hybridized carbons (Fsp3) is 0.727. The van der Waals surface area contributed by atoms with Crippen LogP contribution < -0.4 is 5.32 Å². The second-order valence-corrected chi connectivity index (χ2v) is 5.95. The van der Waals surface area contributed by atoms with Gasteiger partial charge >= 0.3 is 0 Å². The molecule has 4 heteroatoms. The monoisotopic (exact) mass is 244 g/mol. The predicted octanol–water partition coefficient (Wildman–Crippen LogP) is 3.26. The van der Waals surface area contributed by atoms with Crippen LogP contribution in [-0.4, -0.2) is 23.8 Å². The van der Waals surface area contributed by atoms with E-state index in [-0.39, 0.29) is 0 Å². The van der Waals surface area contributed by atoms with Gasteiger partial charge in [0.05, 0.1) is 0 Å².